The summed E-state index contributed by atoms with van der Waals surface area (Å²) in [6.45, 7) is 6.37. The third-order valence-electron chi connectivity index (χ3n) is 6.68. The van der Waals surface area contributed by atoms with E-state index in [-0.39, 0.29) is 5.91 Å². The van der Waals surface area contributed by atoms with Crippen LogP contribution in [0.2, 0.25) is 0 Å². The second kappa shape index (κ2) is 9.58. The lowest BCUT2D eigenvalue weighted by Gasteiger charge is -2.25. The van der Waals surface area contributed by atoms with Crippen LogP contribution in [0.5, 0.6) is 0 Å². The molecule has 1 amide bonds. The highest BCUT2D eigenvalue weighted by Crippen LogP contribution is 2.24. The Bertz CT molecular complexity index is 1200. The summed E-state index contributed by atoms with van der Waals surface area (Å²) < 4.78 is 1.93. The maximum Gasteiger partial charge on any atom is 0.219 e. The average molecular weight is 443 g/mol. The van der Waals surface area contributed by atoms with Crippen LogP contribution in [0.4, 0.5) is 0 Å². The van der Waals surface area contributed by atoms with E-state index in [1.807, 2.05) is 27.7 Å². The second-order valence-corrected chi connectivity index (χ2v) is 9.00. The zero-order chi connectivity index (χ0) is 22.6. The van der Waals surface area contributed by atoms with Gasteiger partial charge < -0.3 is 14.8 Å². The monoisotopic (exact) mass is 442 g/mol. The molecule has 4 aromatic rings. The lowest BCUT2D eigenvalue weighted by molar-refractivity contribution is -0.130. The molecule has 0 spiro atoms. The first-order valence-electron chi connectivity index (χ1n) is 11.6. The summed E-state index contributed by atoms with van der Waals surface area (Å²) in [6, 6.07) is 16.7. The van der Waals surface area contributed by atoms with Crippen molar-refractivity contribution >= 4 is 16.8 Å². The molecule has 1 saturated heterocycles. The number of rotatable bonds is 8. The topological polar surface area (TPSA) is 70.1 Å². The minimum absolute atomic E-state index is 0.153. The molecule has 33 heavy (non-hydrogen) atoms. The van der Waals surface area contributed by atoms with Gasteiger partial charge >= 0.3 is 0 Å². The van der Waals surface area contributed by atoms with E-state index < -0.39 is 0 Å². The summed E-state index contributed by atoms with van der Waals surface area (Å²) in [5.74, 6) is 0.681. The molecule has 170 valence electrons. The molecule has 7 heteroatoms. The van der Waals surface area contributed by atoms with E-state index >= 15 is 0 Å². The highest BCUT2D eigenvalue weighted by molar-refractivity contribution is 5.85. The van der Waals surface area contributed by atoms with Gasteiger partial charge in [0.1, 0.15) is 12.7 Å². The van der Waals surface area contributed by atoms with Crippen LogP contribution in [0, 0.1) is 5.92 Å². The predicted octanol–water partition coefficient (Wildman–Crippen LogP) is 3.66. The summed E-state index contributed by atoms with van der Waals surface area (Å²) in [5, 5.41) is 9.08. The van der Waals surface area contributed by atoms with E-state index in [0.717, 1.165) is 50.2 Å². The summed E-state index contributed by atoms with van der Waals surface area (Å²) in [6.07, 6.45) is 7.72. The van der Waals surface area contributed by atoms with Crippen molar-refractivity contribution in [1.82, 2.24) is 29.5 Å². The van der Waals surface area contributed by atoms with Crippen molar-refractivity contribution in [2.75, 3.05) is 26.2 Å². The summed E-state index contributed by atoms with van der Waals surface area (Å²) in [7, 11) is 0. The molecule has 1 N–H and O–H groups in total. The van der Waals surface area contributed by atoms with Gasteiger partial charge in [-0.3, -0.25) is 9.36 Å². The SMILES string of the molecule is CC(=O)N(Cc1ccccc1)C[C@@H]1CCN(CCc2c[nH]c3ccc(-n4cnnc4)cc23)C1. The van der Waals surface area contributed by atoms with E-state index in [2.05, 4.69) is 56.6 Å². The quantitative estimate of drug-likeness (QED) is 0.452. The molecule has 1 aliphatic heterocycles. The van der Waals surface area contributed by atoms with Crippen molar-refractivity contribution in [3.8, 4) is 5.69 Å². The molecule has 0 saturated carbocycles. The molecule has 1 atom stereocenters. The maximum atomic E-state index is 12.2. The van der Waals surface area contributed by atoms with Crippen LogP contribution in [-0.4, -0.2) is 61.6 Å². The van der Waals surface area contributed by atoms with E-state index in [1.165, 1.54) is 16.5 Å². The van der Waals surface area contributed by atoms with Gasteiger partial charge in [0.2, 0.25) is 5.91 Å². The smallest absolute Gasteiger partial charge is 0.219 e. The van der Waals surface area contributed by atoms with Gasteiger partial charge in [0.05, 0.1) is 0 Å². The third kappa shape index (κ3) is 4.98. The molecule has 2 aromatic heterocycles. The molecule has 2 aromatic carbocycles. The third-order valence-corrected chi connectivity index (χ3v) is 6.68. The van der Waals surface area contributed by atoms with Gasteiger partial charge in [0.25, 0.3) is 0 Å². The average Bonchev–Trinajstić information content (AvgIpc) is 3.59. The fourth-order valence-electron chi connectivity index (χ4n) is 4.83. The Morgan fingerprint density at radius 2 is 1.97 bits per heavy atom. The van der Waals surface area contributed by atoms with E-state index in [4.69, 9.17) is 0 Å². The van der Waals surface area contributed by atoms with Crippen LogP contribution in [0.25, 0.3) is 16.6 Å². The van der Waals surface area contributed by atoms with Gasteiger partial charge in [0, 0.05) is 55.9 Å². The fourth-order valence-corrected chi connectivity index (χ4v) is 4.83. The second-order valence-electron chi connectivity index (χ2n) is 9.00. The standard InChI is InChI=1S/C26H30N6O/c1-20(33)31(16-21-5-3-2-4-6-21)17-22-9-11-30(15-22)12-10-23-14-27-26-8-7-24(13-25(23)26)32-18-28-29-19-32/h2-8,13-14,18-19,22,27H,9-12,15-17H2,1H3/t22-/m1/s1. The molecule has 1 fully saturated rings. The van der Waals surface area contributed by atoms with Gasteiger partial charge in [-0.2, -0.15) is 0 Å². The van der Waals surface area contributed by atoms with Gasteiger partial charge in [-0.1, -0.05) is 30.3 Å². The number of H-pyrrole nitrogens is 1. The number of carbonyl (C=O) groups is 1. The molecule has 0 unspecified atom stereocenters. The first-order valence-corrected chi connectivity index (χ1v) is 11.6. The zero-order valence-electron chi connectivity index (χ0n) is 19.0. The highest BCUT2D eigenvalue weighted by atomic mass is 16.2. The van der Waals surface area contributed by atoms with Crippen molar-refractivity contribution in [1.29, 1.82) is 0 Å². The summed E-state index contributed by atoms with van der Waals surface area (Å²) >= 11 is 0. The van der Waals surface area contributed by atoms with Crippen LogP contribution >= 0.6 is 0 Å². The molecule has 1 aliphatic rings. The fraction of sp³-hybridized carbons (Fsp3) is 0.346. The van der Waals surface area contributed by atoms with E-state index in [1.54, 1.807) is 19.6 Å². The van der Waals surface area contributed by atoms with E-state index in [9.17, 15) is 4.79 Å². The Kier molecular flexibility index (Phi) is 6.21. The van der Waals surface area contributed by atoms with Crippen molar-refractivity contribution in [2.24, 2.45) is 5.92 Å². The number of likely N-dealkylation sites (tertiary alicyclic amines) is 1. The number of carbonyl (C=O) groups excluding carboxylic acids is 1. The highest BCUT2D eigenvalue weighted by Gasteiger charge is 2.25. The predicted molar refractivity (Wildman–Crippen MR) is 129 cm³/mol. The minimum atomic E-state index is 0.153. The number of amides is 1. The van der Waals surface area contributed by atoms with Crippen molar-refractivity contribution in [2.45, 2.75) is 26.3 Å². The van der Waals surface area contributed by atoms with E-state index in [0.29, 0.717) is 12.5 Å². The maximum absolute atomic E-state index is 12.2. The Morgan fingerprint density at radius 1 is 1.15 bits per heavy atom. The summed E-state index contributed by atoms with van der Waals surface area (Å²) in [5.41, 5.74) is 4.74. The zero-order valence-corrected chi connectivity index (χ0v) is 19.0. The number of aromatic nitrogens is 4. The van der Waals surface area contributed by atoms with Gasteiger partial charge in [-0.05, 0) is 54.6 Å². The number of benzene rings is 2. The molecule has 0 aliphatic carbocycles. The number of aromatic amines is 1. The van der Waals surface area contributed by atoms with Gasteiger partial charge in [-0.15, -0.1) is 10.2 Å². The molecule has 5 rings (SSSR count). The minimum Gasteiger partial charge on any atom is -0.361 e. The normalized spacial score (nSPS) is 16.5. The Labute approximate surface area is 194 Å². The van der Waals surface area contributed by atoms with Crippen LogP contribution < -0.4 is 0 Å². The van der Waals surface area contributed by atoms with Crippen molar-refractivity contribution < 1.29 is 4.79 Å². The lowest BCUT2D eigenvalue weighted by atomic mass is 10.1. The molecular formula is C26H30N6O. The Balaban J connectivity index is 1.18. The number of nitrogens with zero attached hydrogens (tertiary/aromatic N) is 5. The Morgan fingerprint density at radius 3 is 2.76 bits per heavy atom. The molecular weight excluding hydrogens is 412 g/mol. The van der Waals surface area contributed by atoms with Crippen LogP contribution in [0.3, 0.4) is 0 Å². The number of hydrogen-bond donors (Lipinski definition) is 1. The Hall–Kier alpha value is -3.45. The largest absolute Gasteiger partial charge is 0.361 e. The van der Waals surface area contributed by atoms with Crippen molar-refractivity contribution in [3.63, 3.8) is 0 Å². The van der Waals surface area contributed by atoms with Crippen molar-refractivity contribution in [3.05, 3.63) is 78.5 Å². The lowest BCUT2D eigenvalue weighted by Crippen LogP contribution is -2.34. The number of nitrogens with one attached hydrogen (secondary N) is 1. The molecule has 3 heterocycles. The number of fused-ring (bicyclic) bond motifs is 1. The van der Waals surface area contributed by atoms with Gasteiger partial charge in [-0.25, -0.2) is 0 Å². The molecule has 0 bridgehead atoms. The number of hydrogen-bond acceptors (Lipinski definition) is 4. The molecule has 7 nitrogen and oxygen atoms in total. The molecule has 0 radical (unpaired) electrons. The first kappa shape index (κ1) is 21.4. The summed E-state index contributed by atoms with van der Waals surface area (Å²) in [4.78, 5) is 20.2. The van der Waals surface area contributed by atoms with Crippen LogP contribution in [-0.2, 0) is 17.8 Å². The van der Waals surface area contributed by atoms with Crippen LogP contribution in [0.15, 0.2) is 67.4 Å². The van der Waals surface area contributed by atoms with Gasteiger partial charge in [0.15, 0.2) is 0 Å². The first-order chi connectivity index (χ1) is 16.2. The van der Waals surface area contributed by atoms with Crippen LogP contribution in [0.1, 0.15) is 24.5 Å².